The van der Waals surface area contributed by atoms with Crippen molar-refractivity contribution in [3.8, 4) is 6.07 Å². The lowest BCUT2D eigenvalue weighted by molar-refractivity contribution is 0.117. The minimum absolute atomic E-state index is 0.285. The van der Waals surface area contributed by atoms with Gasteiger partial charge in [-0.3, -0.25) is 0 Å². The molecule has 0 heterocycles. The smallest absolute Gasteiger partial charge is 0.259 e. The molecule has 2 bridgehead atoms. The van der Waals surface area contributed by atoms with Crippen LogP contribution in [0.5, 0.6) is 0 Å². The van der Waals surface area contributed by atoms with E-state index in [1.54, 1.807) is 0 Å². The van der Waals surface area contributed by atoms with Gasteiger partial charge in [-0.1, -0.05) is 12.2 Å². The van der Waals surface area contributed by atoms with Crippen molar-refractivity contribution in [2.75, 3.05) is 6.61 Å². The highest BCUT2D eigenvalue weighted by Gasteiger charge is 2.40. The van der Waals surface area contributed by atoms with Gasteiger partial charge < -0.3 is 9.05 Å². The van der Waals surface area contributed by atoms with Crippen molar-refractivity contribution in [2.45, 2.75) is 65.1 Å². The van der Waals surface area contributed by atoms with Gasteiger partial charge in [-0.15, -0.1) is 0 Å². The van der Waals surface area contributed by atoms with E-state index in [9.17, 15) is 0 Å². The SMILES string of the molecule is CC(C)N(C(C)C)P(OCCC#N)OC1CC2C=CC1C2. The van der Waals surface area contributed by atoms with Gasteiger partial charge in [0.2, 0.25) is 0 Å². The molecule has 118 valence electrons. The van der Waals surface area contributed by atoms with Gasteiger partial charge in [-0.2, -0.15) is 5.26 Å². The number of nitriles is 1. The molecule has 0 amide bonds. The highest BCUT2D eigenvalue weighted by Crippen LogP contribution is 2.52. The van der Waals surface area contributed by atoms with Crippen LogP contribution in [0.4, 0.5) is 0 Å². The topological polar surface area (TPSA) is 45.5 Å². The maximum atomic E-state index is 8.72. The monoisotopic (exact) mass is 310 g/mol. The first-order chi connectivity index (χ1) is 10.0. The summed E-state index contributed by atoms with van der Waals surface area (Å²) in [4.78, 5) is 0. The molecule has 0 saturated heterocycles. The summed E-state index contributed by atoms with van der Waals surface area (Å²) in [5, 5.41) is 8.72. The minimum atomic E-state index is -1.09. The zero-order valence-corrected chi connectivity index (χ0v) is 14.4. The van der Waals surface area contributed by atoms with Crippen LogP contribution in [0.3, 0.4) is 0 Å². The van der Waals surface area contributed by atoms with Crippen LogP contribution in [0.25, 0.3) is 0 Å². The predicted octanol–water partition coefficient (Wildman–Crippen LogP) is 4.24. The maximum Gasteiger partial charge on any atom is 0.259 e. The van der Waals surface area contributed by atoms with Gasteiger partial charge >= 0.3 is 0 Å². The normalized spacial score (nSPS) is 28.8. The average Bonchev–Trinajstić information content (AvgIpc) is 3.00. The van der Waals surface area contributed by atoms with E-state index in [2.05, 4.69) is 50.6 Å². The van der Waals surface area contributed by atoms with Crippen LogP contribution in [0, 0.1) is 23.2 Å². The number of nitrogens with zero attached hydrogens (tertiary/aromatic N) is 2. The van der Waals surface area contributed by atoms with E-state index < -0.39 is 8.53 Å². The zero-order valence-electron chi connectivity index (χ0n) is 13.5. The Labute approximate surface area is 130 Å². The van der Waals surface area contributed by atoms with E-state index in [0.29, 0.717) is 36.9 Å². The highest BCUT2D eigenvalue weighted by molar-refractivity contribution is 7.44. The Morgan fingerprint density at radius 1 is 1.24 bits per heavy atom. The Morgan fingerprint density at radius 3 is 2.43 bits per heavy atom. The number of hydrogen-bond donors (Lipinski definition) is 0. The largest absolute Gasteiger partial charge is 0.321 e. The van der Waals surface area contributed by atoms with Crippen LogP contribution in [0.15, 0.2) is 12.2 Å². The van der Waals surface area contributed by atoms with Crippen LogP contribution >= 0.6 is 8.53 Å². The van der Waals surface area contributed by atoms with Crippen LogP contribution in [0.2, 0.25) is 0 Å². The lowest BCUT2D eigenvalue weighted by atomic mass is 10.1. The third kappa shape index (κ3) is 4.27. The Kier molecular flexibility index (Phi) is 6.20. The summed E-state index contributed by atoms with van der Waals surface area (Å²) in [7, 11) is -1.09. The fraction of sp³-hybridized carbons (Fsp3) is 0.812. The van der Waals surface area contributed by atoms with Crippen molar-refractivity contribution in [1.82, 2.24) is 4.67 Å². The first kappa shape index (κ1) is 16.9. The fourth-order valence-electron chi connectivity index (χ4n) is 3.26. The van der Waals surface area contributed by atoms with Crippen molar-refractivity contribution in [1.29, 1.82) is 5.26 Å². The van der Waals surface area contributed by atoms with E-state index in [0.717, 1.165) is 6.42 Å². The molecule has 1 fully saturated rings. The quantitative estimate of drug-likeness (QED) is 0.382. The Balaban J connectivity index is 2.00. The molecule has 0 aromatic heterocycles. The molecule has 0 aromatic rings. The molecule has 4 nitrogen and oxygen atoms in total. The van der Waals surface area contributed by atoms with E-state index in [4.69, 9.17) is 14.3 Å². The third-order valence-corrected chi connectivity index (χ3v) is 6.26. The van der Waals surface area contributed by atoms with Crippen LogP contribution < -0.4 is 0 Å². The Hall–Kier alpha value is -0.460. The first-order valence-corrected chi connectivity index (χ1v) is 9.09. The summed E-state index contributed by atoms with van der Waals surface area (Å²) in [5.41, 5.74) is 0. The first-order valence-electron chi connectivity index (χ1n) is 7.96. The molecule has 0 N–H and O–H groups in total. The molecule has 0 spiro atoms. The lowest BCUT2D eigenvalue weighted by Crippen LogP contribution is -2.35. The van der Waals surface area contributed by atoms with Gasteiger partial charge in [-0.05, 0) is 46.5 Å². The van der Waals surface area contributed by atoms with E-state index >= 15 is 0 Å². The highest BCUT2D eigenvalue weighted by atomic mass is 31.2. The van der Waals surface area contributed by atoms with Crippen molar-refractivity contribution in [3.63, 3.8) is 0 Å². The lowest BCUT2D eigenvalue weighted by Gasteiger charge is -2.37. The maximum absolute atomic E-state index is 8.72. The number of rotatable bonds is 8. The van der Waals surface area contributed by atoms with Crippen molar-refractivity contribution >= 4 is 8.53 Å². The number of allylic oxidation sites excluding steroid dienone is 1. The van der Waals surface area contributed by atoms with Crippen molar-refractivity contribution in [3.05, 3.63) is 12.2 Å². The summed E-state index contributed by atoms with van der Waals surface area (Å²) in [6, 6.07) is 2.88. The van der Waals surface area contributed by atoms with Crippen LogP contribution in [-0.2, 0) is 9.05 Å². The minimum Gasteiger partial charge on any atom is -0.321 e. The second-order valence-electron chi connectivity index (χ2n) is 6.47. The summed E-state index contributed by atoms with van der Waals surface area (Å²) in [6.45, 7) is 9.15. The molecular weight excluding hydrogens is 283 g/mol. The summed E-state index contributed by atoms with van der Waals surface area (Å²) >= 11 is 0. The van der Waals surface area contributed by atoms with Gasteiger partial charge in [0, 0.05) is 18.0 Å². The van der Waals surface area contributed by atoms with Gasteiger partial charge in [0.15, 0.2) is 0 Å². The molecule has 0 aromatic carbocycles. The molecule has 21 heavy (non-hydrogen) atoms. The number of hydrogen-bond acceptors (Lipinski definition) is 4. The average molecular weight is 310 g/mol. The van der Waals surface area contributed by atoms with Gasteiger partial charge in [-0.25, -0.2) is 4.67 Å². The van der Waals surface area contributed by atoms with Crippen LogP contribution in [0.1, 0.15) is 47.0 Å². The zero-order chi connectivity index (χ0) is 15.4. The second-order valence-corrected chi connectivity index (χ2v) is 7.88. The Bertz CT molecular complexity index is 398. The number of fused-ring (bicyclic) bond motifs is 2. The molecule has 2 aliphatic rings. The van der Waals surface area contributed by atoms with Gasteiger partial charge in [0.1, 0.15) is 0 Å². The standard InChI is InChI=1S/C16H27N2O2P/c1-12(2)18(13(3)4)21(19-9-5-8-17)20-16-11-14-6-7-15(16)10-14/h6-7,12-16H,5,9-11H2,1-4H3. The van der Waals surface area contributed by atoms with Crippen LogP contribution in [-0.4, -0.2) is 29.5 Å². The van der Waals surface area contributed by atoms with E-state index in [-0.39, 0.29) is 6.10 Å². The molecular formula is C16H27N2O2P. The predicted molar refractivity (Wildman–Crippen MR) is 85.4 cm³/mol. The molecule has 4 atom stereocenters. The Morgan fingerprint density at radius 2 is 1.95 bits per heavy atom. The summed E-state index contributed by atoms with van der Waals surface area (Å²) < 4.78 is 14.7. The van der Waals surface area contributed by atoms with E-state index in [1.165, 1.54) is 6.42 Å². The third-order valence-electron chi connectivity index (χ3n) is 4.11. The summed E-state index contributed by atoms with van der Waals surface area (Å²) in [5.74, 6) is 1.25. The second kappa shape index (κ2) is 7.70. The molecule has 2 aliphatic carbocycles. The molecule has 2 rings (SSSR count). The van der Waals surface area contributed by atoms with Crippen molar-refractivity contribution < 1.29 is 9.05 Å². The van der Waals surface area contributed by atoms with Crippen molar-refractivity contribution in [2.24, 2.45) is 11.8 Å². The van der Waals surface area contributed by atoms with Gasteiger partial charge in [0.25, 0.3) is 8.53 Å². The summed E-state index contributed by atoms with van der Waals surface area (Å²) in [6.07, 6.45) is 7.68. The molecule has 0 aliphatic heterocycles. The molecule has 5 heteroatoms. The van der Waals surface area contributed by atoms with Gasteiger partial charge in [0.05, 0.1) is 25.2 Å². The molecule has 0 radical (unpaired) electrons. The fourth-order valence-corrected chi connectivity index (χ4v) is 5.04. The molecule has 4 unspecified atom stereocenters. The molecule has 1 saturated carbocycles. The van der Waals surface area contributed by atoms with E-state index in [1.807, 2.05) is 0 Å².